The van der Waals surface area contributed by atoms with Crippen LogP contribution < -0.4 is 5.32 Å². The fourth-order valence-corrected chi connectivity index (χ4v) is 3.41. The van der Waals surface area contributed by atoms with E-state index in [1.165, 1.54) is 0 Å². The first-order valence-corrected chi connectivity index (χ1v) is 9.74. The van der Waals surface area contributed by atoms with Crippen LogP contribution in [0, 0.1) is 12.8 Å². The van der Waals surface area contributed by atoms with Crippen LogP contribution in [0.3, 0.4) is 0 Å². The minimum absolute atomic E-state index is 0.0974. The van der Waals surface area contributed by atoms with Gasteiger partial charge in [0.15, 0.2) is 0 Å². The minimum Gasteiger partial charge on any atom is -0.451 e. The second-order valence-corrected chi connectivity index (χ2v) is 7.28. The highest BCUT2D eigenvalue weighted by molar-refractivity contribution is 6.30. The van der Waals surface area contributed by atoms with Crippen LogP contribution in [0.1, 0.15) is 30.1 Å². The third-order valence-corrected chi connectivity index (χ3v) is 4.94. The van der Waals surface area contributed by atoms with Gasteiger partial charge in [-0.15, -0.1) is 5.06 Å². The number of carbonyl (C=O) groups is 2. The van der Waals surface area contributed by atoms with Crippen molar-refractivity contribution in [3.8, 4) is 0 Å². The molecule has 1 unspecified atom stereocenters. The number of hydrogen-bond acceptors (Lipinski definition) is 6. The van der Waals surface area contributed by atoms with Gasteiger partial charge in [-0.25, -0.2) is 9.59 Å². The average Bonchev–Trinajstić information content (AvgIpc) is 2.71. The van der Waals surface area contributed by atoms with Gasteiger partial charge >= 0.3 is 18.2 Å². The molecule has 1 aromatic rings. The number of methoxy groups -OCH3 is 1. The van der Waals surface area contributed by atoms with Crippen LogP contribution >= 0.6 is 11.6 Å². The maximum atomic E-state index is 12.5. The number of hydroxylamine groups is 2. The molecule has 1 aliphatic heterocycles. The smallest absolute Gasteiger partial charge is 0.451 e. The SMILES string of the molecule is COC(=O)N(CCOC(c1cc(Cl)ccc1C)[C@@H]1CCCNC1)OC(=O)C(F)(F)F. The van der Waals surface area contributed by atoms with Gasteiger partial charge in [-0.05, 0) is 49.6 Å². The van der Waals surface area contributed by atoms with E-state index in [0.717, 1.165) is 37.6 Å². The standard InChI is InChI=1S/C19H24ClF3N2O5/c1-12-5-6-14(20)10-15(12)16(13-4-3-7-24-11-13)29-9-8-25(18(27)28-2)30-17(26)19(21,22)23/h5-6,10,13,16,24H,3-4,7-9,11H2,1-2H3/t13-,16?/m1/s1. The third-order valence-electron chi connectivity index (χ3n) is 4.71. The Morgan fingerprint density at radius 2 is 2.10 bits per heavy atom. The fraction of sp³-hybridized carbons (Fsp3) is 0.579. The number of hydrogen-bond donors (Lipinski definition) is 1. The van der Waals surface area contributed by atoms with E-state index in [0.29, 0.717) is 11.6 Å². The molecule has 1 heterocycles. The summed E-state index contributed by atoms with van der Waals surface area (Å²) in [5, 5.41) is 4.02. The highest BCUT2D eigenvalue weighted by Crippen LogP contribution is 2.34. The van der Waals surface area contributed by atoms with Gasteiger partial charge in [0.1, 0.15) is 0 Å². The zero-order valence-electron chi connectivity index (χ0n) is 16.6. The van der Waals surface area contributed by atoms with Gasteiger partial charge in [0, 0.05) is 17.5 Å². The van der Waals surface area contributed by atoms with E-state index in [4.69, 9.17) is 16.3 Å². The van der Waals surface area contributed by atoms with Crippen molar-refractivity contribution in [3.63, 3.8) is 0 Å². The van der Waals surface area contributed by atoms with Crippen molar-refractivity contribution in [3.05, 3.63) is 34.3 Å². The van der Waals surface area contributed by atoms with Crippen LogP contribution in [-0.4, -0.2) is 56.7 Å². The van der Waals surface area contributed by atoms with Crippen molar-refractivity contribution >= 4 is 23.7 Å². The zero-order chi connectivity index (χ0) is 22.3. The maximum absolute atomic E-state index is 12.5. The van der Waals surface area contributed by atoms with Crippen LogP contribution in [0.5, 0.6) is 0 Å². The number of benzene rings is 1. The molecule has 7 nitrogen and oxygen atoms in total. The Labute approximate surface area is 177 Å². The molecule has 1 N–H and O–H groups in total. The van der Waals surface area contributed by atoms with Crippen LogP contribution in [0.25, 0.3) is 0 Å². The van der Waals surface area contributed by atoms with Gasteiger partial charge in [0.25, 0.3) is 0 Å². The molecule has 1 amide bonds. The molecule has 1 aromatic carbocycles. The van der Waals surface area contributed by atoms with E-state index >= 15 is 0 Å². The Morgan fingerprint density at radius 3 is 2.70 bits per heavy atom. The Hall–Kier alpha value is -2.04. The predicted octanol–water partition coefficient (Wildman–Crippen LogP) is 3.79. The normalized spacial score (nSPS) is 17.9. The molecule has 0 bridgehead atoms. The van der Waals surface area contributed by atoms with E-state index in [1.54, 1.807) is 12.1 Å². The fourth-order valence-electron chi connectivity index (χ4n) is 3.23. The molecule has 1 fully saturated rings. The molecular weight excluding hydrogens is 429 g/mol. The quantitative estimate of drug-likeness (QED) is 0.662. The van der Waals surface area contributed by atoms with Gasteiger partial charge in [0.05, 0.1) is 26.4 Å². The van der Waals surface area contributed by atoms with Crippen LogP contribution in [0.4, 0.5) is 18.0 Å². The predicted molar refractivity (Wildman–Crippen MR) is 102 cm³/mol. The number of piperidine rings is 1. The highest BCUT2D eigenvalue weighted by Gasteiger charge is 2.43. The van der Waals surface area contributed by atoms with Crippen molar-refractivity contribution in [2.24, 2.45) is 5.92 Å². The molecule has 0 aromatic heterocycles. The van der Waals surface area contributed by atoms with E-state index in [9.17, 15) is 22.8 Å². The summed E-state index contributed by atoms with van der Waals surface area (Å²) in [6, 6.07) is 5.40. The molecule has 2 atom stereocenters. The number of halogens is 4. The maximum Gasteiger partial charge on any atom is 0.493 e. The molecule has 2 rings (SSSR count). The number of ether oxygens (including phenoxy) is 2. The Bertz CT molecular complexity index is 741. The average molecular weight is 453 g/mol. The number of nitrogens with one attached hydrogen (secondary N) is 1. The lowest BCUT2D eigenvalue weighted by Gasteiger charge is -2.32. The van der Waals surface area contributed by atoms with Crippen molar-refractivity contribution in [1.82, 2.24) is 10.4 Å². The number of nitrogens with zero attached hydrogens (tertiary/aromatic N) is 1. The minimum atomic E-state index is -5.25. The number of carbonyl (C=O) groups excluding carboxylic acids is 2. The summed E-state index contributed by atoms with van der Waals surface area (Å²) in [6.07, 6.45) is -5.07. The third kappa shape index (κ3) is 6.75. The number of aryl methyl sites for hydroxylation is 1. The van der Waals surface area contributed by atoms with Gasteiger partial charge in [-0.2, -0.15) is 13.2 Å². The number of rotatable bonds is 6. The Balaban J connectivity index is 2.11. The van der Waals surface area contributed by atoms with E-state index in [2.05, 4.69) is 14.9 Å². The molecule has 1 saturated heterocycles. The summed E-state index contributed by atoms with van der Waals surface area (Å²) < 4.78 is 47.8. The molecular formula is C19H24ClF3N2O5. The molecule has 0 radical (unpaired) electrons. The summed E-state index contributed by atoms with van der Waals surface area (Å²) in [6.45, 7) is 2.86. The lowest BCUT2D eigenvalue weighted by atomic mass is 9.87. The first-order valence-electron chi connectivity index (χ1n) is 9.36. The van der Waals surface area contributed by atoms with Crippen molar-refractivity contribution in [1.29, 1.82) is 0 Å². The molecule has 30 heavy (non-hydrogen) atoms. The van der Waals surface area contributed by atoms with Crippen molar-refractivity contribution < 1.29 is 37.1 Å². The number of alkyl halides is 3. The highest BCUT2D eigenvalue weighted by atomic mass is 35.5. The lowest BCUT2D eigenvalue weighted by Crippen LogP contribution is -2.41. The largest absolute Gasteiger partial charge is 0.493 e. The number of amides is 1. The van der Waals surface area contributed by atoms with E-state index < -0.39 is 30.9 Å². The van der Waals surface area contributed by atoms with Crippen molar-refractivity contribution in [2.75, 3.05) is 33.4 Å². The topological polar surface area (TPSA) is 77.1 Å². The van der Waals surface area contributed by atoms with Gasteiger partial charge in [-0.1, -0.05) is 17.7 Å². The van der Waals surface area contributed by atoms with Gasteiger partial charge in [-0.3, -0.25) is 0 Å². The molecule has 168 valence electrons. The molecule has 0 aliphatic carbocycles. The van der Waals surface area contributed by atoms with E-state index in [-0.39, 0.29) is 17.6 Å². The van der Waals surface area contributed by atoms with E-state index in [1.807, 2.05) is 13.0 Å². The lowest BCUT2D eigenvalue weighted by molar-refractivity contribution is -0.232. The first kappa shape index (κ1) is 24.2. The second-order valence-electron chi connectivity index (χ2n) is 6.85. The Morgan fingerprint density at radius 1 is 1.37 bits per heavy atom. The van der Waals surface area contributed by atoms with Crippen LogP contribution in [0.15, 0.2) is 18.2 Å². The van der Waals surface area contributed by atoms with Crippen molar-refractivity contribution in [2.45, 2.75) is 32.0 Å². The van der Waals surface area contributed by atoms with Crippen LogP contribution in [-0.2, 0) is 19.1 Å². The summed E-state index contributed by atoms with van der Waals surface area (Å²) in [7, 11) is 0.962. The monoisotopic (exact) mass is 452 g/mol. The molecule has 0 saturated carbocycles. The molecule has 1 aliphatic rings. The Kier molecular flexibility index (Phi) is 8.75. The molecule has 0 spiro atoms. The summed E-state index contributed by atoms with van der Waals surface area (Å²) in [4.78, 5) is 26.9. The van der Waals surface area contributed by atoms with Gasteiger partial charge in [0.2, 0.25) is 0 Å². The van der Waals surface area contributed by atoms with Gasteiger partial charge < -0.3 is 19.6 Å². The summed E-state index contributed by atoms with van der Waals surface area (Å²) in [5.41, 5.74) is 1.80. The summed E-state index contributed by atoms with van der Waals surface area (Å²) >= 11 is 6.14. The molecule has 11 heteroatoms. The summed E-state index contributed by atoms with van der Waals surface area (Å²) in [5.74, 6) is -2.42. The zero-order valence-corrected chi connectivity index (χ0v) is 17.4. The second kappa shape index (κ2) is 10.8. The van der Waals surface area contributed by atoms with Crippen LogP contribution in [0.2, 0.25) is 5.02 Å². The first-order chi connectivity index (χ1) is 14.1.